The molecule has 0 fully saturated rings. The minimum atomic E-state index is -0.0520. The van der Waals surface area contributed by atoms with E-state index < -0.39 is 0 Å². The van der Waals surface area contributed by atoms with Gasteiger partial charge in [-0.15, -0.1) is 0 Å². The zero-order chi connectivity index (χ0) is 14.0. The van der Waals surface area contributed by atoms with Gasteiger partial charge in [-0.3, -0.25) is 0 Å². The van der Waals surface area contributed by atoms with Gasteiger partial charge < -0.3 is 5.73 Å². The van der Waals surface area contributed by atoms with Crippen molar-refractivity contribution >= 4 is 11.8 Å². The van der Waals surface area contributed by atoms with E-state index in [1.807, 2.05) is 39.8 Å². The zero-order valence-electron chi connectivity index (χ0n) is 11.6. The standard InChI is InChI=1S/C14H18N4S/c1-8-10(3)17-14(18-11(8)4)19-13-12(9(2)15)6-5-7-16-13/h5-7,9H,15H2,1-4H3/t9-/m1/s1. The van der Waals surface area contributed by atoms with Crippen LogP contribution in [0.3, 0.4) is 0 Å². The Kier molecular flexibility index (Phi) is 4.17. The molecule has 0 spiro atoms. The van der Waals surface area contributed by atoms with Crippen molar-refractivity contribution in [2.75, 3.05) is 0 Å². The summed E-state index contributed by atoms with van der Waals surface area (Å²) in [4.78, 5) is 13.4. The van der Waals surface area contributed by atoms with E-state index in [9.17, 15) is 0 Å². The maximum absolute atomic E-state index is 5.96. The van der Waals surface area contributed by atoms with Crippen LogP contribution in [0.2, 0.25) is 0 Å². The van der Waals surface area contributed by atoms with Gasteiger partial charge in [-0.1, -0.05) is 6.07 Å². The van der Waals surface area contributed by atoms with E-state index in [1.165, 1.54) is 11.8 Å². The van der Waals surface area contributed by atoms with Gasteiger partial charge in [0, 0.05) is 29.2 Å². The van der Waals surface area contributed by atoms with Crippen molar-refractivity contribution in [2.24, 2.45) is 5.73 Å². The lowest BCUT2D eigenvalue weighted by atomic mass is 10.2. The molecule has 0 aliphatic rings. The van der Waals surface area contributed by atoms with Crippen molar-refractivity contribution in [2.45, 2.75) is 43.9 Å². The molecule has 1 atom stereocenters. The van der Waals surface area contributed by atoms with Gasteiger partial charge in [0.2, 0.25) is 0 Å². The molecule has 0 aliphatic carbocycles. The highest BCUT2D eigenvalue weighted by atomic mass is 32.2. The Balaban J connectivity index is 2.37. The molecule has 0 saturated carbocycles. The van der Waals surface area contributed by atoms with Crippen LogP contribution >= 0.6 is 11.8 Å². The number of hydrogen-bond donors (Lipinski definition) is 1. The fraction of sp³-hybridized carbons (Fsp3) is 0.357. The molecule has 19 heavy (non-hydrogen) atoms. The summed E-state index contributed by atoms with van der Waals surface area (Å²) in [5.41, 5.74) is 10.1. The van der Waals surface area contributed by atoms with E-state index in [0.29, 0.717) is 0 Å². The molecule has 2 heterocycles. The maximum Gasteiger partial charge on any atom is 0.194 e. The Bertz CT molecular complexity index is 573. The third-order valence-corrected chi connectivity index (χ3v) is 3.99. The summed E-state index contributed by atoms with van der Waals surface area (Å²) in [6.45, 7) is 7.98. The average Bonchev–Trinajstić information content (AvgIpc) is 2.36. The van der Waals surface area contributed by atoms with E-state index in [4.69, 9.17) is 5.73 Å². The zero-order valence-corrected chi connectivity index (χ0v) is 12.5. The number of nitrogens with two attached hydrogens (primary N) is 1. The molecule has 0 radical (unpaired) electrons. The lowest BCUT2D eigenvalue weighted by Gasteiger charge is -2.11. The summed E-state index contributed by atoms with van der Waals surface area (Å²) in [5.74, 6) is 0. The van der Waals surface area contributed by atoms with Gasteiger partial charge >= 0.3 is 0 Å². The second-order valence-corrected chi connectivity index (χ2v) is 5.55. The molecule has 2 rings (SSSR count). The second kappa shape index (κ2) is 5.67. The molecular weight excluding hydrogens is 256 g/mol. The van der Waals surface area contributed by atoms with Crippen LogP contribution in [0.5, 0.6) is 0 Å². The number of nitrogens with zero attached hydrogens (tertiary/aromatic N) is 3. The van der Waals surface area contributed by atoms with Gasteiger partial charge in [-0.2, -0.15) is 0 Å². The number of rotatable bonds is 3. The Labute approximate surface area is 117 Å². The van der Waals surface area contributed by atoms with Crippen LogP contribution in [-0.4, -0.2) is 15.0 Å². The topological polar surface area (TPSA) is 64.7 Å². The van der Waals surface area contributed by atoms with Gasteiger partial charge in [0.25, 0.3) is 0 Å². The van der Waals surface area contributed by atoms with Crippen LogP contribution in [0.25, 0.3) is 0 Å². The molecule has 0 bridgehead atoms. The molecule has 2 N–H and O–H groups in total. The van der Waals surface area contributed by atoms with Crippen molar-refractivity contribution < 1.29 is 0 Å². The molecule has 5 heteroatoms. The van der Waals surface area contributed by atoms with E-state index in [1.54, 1.807) is 6.20 Å². The monoisotopic (exact) mass is 274 g/mol. The number of hydrogen-bond acceptors (Lipinski definition) is 5. The van der Waals surface area contributed by atoms with Gasteiger partial charge in [0.1, 0.15) is 5.03 Å². The summed E-state index contributed by atoms with van der Waals surface area (Å²) >= 11 is 1.47. The fourth-order valence-corrected chi connectivity index (χ4v) is 2.73. The Morgan fingerprint density at radius 2 is 1.79 bits per heavy atom. The van der Waals surface area contributed by atoms with E-state index in [-0.39, 0.29) is 6.04 Å². The van der Waals surface area contributed by atoms with E-state index in [0.717, 1.165) is 32.7 Å². The predicted molar refractivity (Wildman–Crippen MR) is 77.2 cm³/mol. The third-order valence-electron chi connectivity index (χ3n) is 3.09. The number of pyridine rings is 1. The molecular formula is C14H18N4S. The van der Waals surface area contributed by atoms with Crippen LogP contribution in [0.4, 0.5) is 0 Å². The summed E-state index contributed by atoms with van der Waals surface area (Å²) in [6, 6.07) is 3.84. The fourth-order valence-electron chi connectivity index (χ4n) is 1.71. The lowest BCUT2D eigenvalue weighted by Crippen LogP contribution is -2.07. The molecule has 100 valence electrons. The van der Waals surface area contributed by atoms with Crippen LogP contribution < -0.4 is 5.73 Å². The second-order valence-electron chi connectivity index (χ2n) is 4.59. The van der Waals surface area contributed by atoms with Crippen LogP contribution in [0.1, 0.15) is 35.5 Å². The molecule has 2 aromatic rings. The van der Waals surface area contributed by atoms with Gasteiger partial charge in [0.15, 0.2) is 5.16 Å². The highest BCUT2D eigenvalue weighted by molar-refractivity contribution is 7.99. The minimum absolute atomic E-state index is 0.0520. The maximum atomic E-state index is 5.96. The van der Waals surface area contributed by atoms with Crippen LogP contribution in [0.15, 0.2) is 28.5 Å². The first-order valence-corrected chi connectivity index (χ1v) is 7.01. The van der Waals surface area contributed by atoms with E-state index >= 15 is 0 Å². The van der Waals surface area contributed by atoms with Gasteiger partial charge in [-0.05, 0) is 51.1 Å². The van der Waals surface area contributed by atoms with E-state index in [2.05, 4.69) is 15.0 Å². The molecule has 4 nitrogen and oxygen atoms in total. The highest BCUT2D eigenvalue weighted by Gasteiger charge is 2.12. The minimum Gasteiger partial charge on any atom is -0.324 e. The largest absolute Gasteiger partial charge is 0.324 e. The highest BCUT2D eigenvalue weighted by Crippen LogP contribution is 2.29. The number of aromatic nitrogens is 3. The molecule has 0 aromatic carbocycles. The Hall–Kier alpha value is -1.46. The first-order valence-electron chi connectivity index (χ1n) is 6.19. The normalized spacial score (nSPS) is 12.5. The smallest absolute Gasteiger partial charge is 0.194 e. The van der Waals surface area contributed by atoms with Crippen molar-refractivity contribution in [1.29, 1.82) is 0 Å². The Morgan fingerprint density at radius 1 is 1.16 bits per heavy atom. The van der Waals surface area contributed by atoms with Crippen LogP contribution in [-0.2, 0) is 0 Å². The predicted octanol–water partition coefficient (Wildman–Crippen LogP) is 2.97. The van der Waals surface area contributed by atoms with Crippen molar-refractivity contribution in [3.05, 3.63) is 40.8 Å². The summed E-state index contributed by atoms with van der Waals surface area (Å²) in [7, 11) is 0. The number of aryl methyl sites for hydroxylation is 2. The first-order chi connectivity index (χ1) is 8.99. The molecule has 0 saturated heterocycles. The van der Waals surface area contributed by atoms with Crippen molar-refractivity contribution in [3.8, 4) is 0 Å². The first kappa shape index (κ1) is 14.0. The van der Waals surface area contributed by atoms with Gasteiger partial charge in [-0.25, -0.2) is 15.0 Å². The van der Waals surface area contributed by atoms with Crippen molar-refractivity contribution in [3.63, 3.8) is 0 Å². The van der Waals surface area contributed by atoms with Gasteiger partial charge in [0.05, 0.1) is 0 Å². The molecule has 0 amide bonds. The summed E-state index contributed by atoms with van der Waals surface area (Å²) in [6.07, 6.45) is 1.77. The quantitative estimate of drug-likeness (QED) is 0.872. The third kappa shape index (κ3) is 3.11. The lowest BCUT2D eigenvalue weighted by molar-refractivity contribution is 0.777. The molecule has 0 aliphatic heterocycles. The molecule has 0 unspecified atom stereocenters. The summed E-state index contributed by atoms with van der Waals surface area (Å²) in [5, 5.41) is 1.60. The van der Waals surface area contributed by atoms with Crippen molar-refractivity contribution in [1.82, 2.24) is 15.0 Å². The van der Waals surface area contributed by atoms with Crippen LogP contribution in [0, 0.1) is 20.8 Å². The SMILES string of the molecule is Cc1nc(Sc2ncccc2[C@@H](C)N)nc(C)c1C. The summed E-state index contributed by atoms with van der Waals surface area (Å²) < 4.78 is 0. The molecule has 2 aromatic heterocycles. The average molecular weight is 274 g/mol. The Morgan fingerprint density at radius 3 is 2.37 bits per heavy atom.